The molecule has 0 rings (SSSR count). The number of hydrogen-bond acceptors (Lipinski definition) is 5. The van der Waals surface area contributed by atoms with Gasteiger partial charge in [0.1, 0.15) is 0 Å². The van der Waals surface area contributed by atoms with Crippen molar-refractivity contribution >= 4 is 11.9 Å². The number of hydrogen-bond donors (Lipinski definition) is 2. The lowest BCUT2D eigenvalue weighted by Crippen LogP contribution is -2.08. The van der Waals surface area contributed by atoms with Gasteiger partial charge in [0.05, 0.1) is 13.2 Å². The number of ether oxygens (including phenoxy) is 1. The fourth-order valence-electron chi connectivity index (χ4n) is 0.218. The standard InChI is InChI=1S/C6H8O3.C2H6O2/c1-4(2)6(8)9-5(3)7;3-1-2-4/h1H2,2-3H3;3-4H,1-2H2. The van der Waals surface area contributed by atoms with E-state index in [9.17, 15) is 9.59 Å². The predicted octanol–water partition coefficient (Wildman–Crippen LogP) is -0.377. The molecule has 0 fully saturated rings. The van der Waals surface area contributed by atoms with Crippen LogP contribution < -0.4 is 0 Å². The molecule has 0 aliphatic carbocycles. The van der Waals surface area contributed by atoms with E-state index in [1.807, 2.05) is 0 Å². The molecule has 0 aliphatic rings. The van der Waals surface area contributed by atoms with E-state index in [0.717, 1.165) is 0 Å². The fourth-order valence-corrected chi connectivity index (χ4v) is 0.218. The van der Waals surface area contributed by atoms with Crippen molar-refractivity contribution in [3.05, 3.63) is 12.2 Å². The van der Waals surface area contributed by atoms with Gasteiger partial charge in [0.25, 0.3) is 0 Å². The van der Waals surface area contributed by atoms with Crippen LogP contribution in [0.2, 0.25) is 0 Å². The summed E-state index contributed by atoms with van der Waals surface area (Å²) in [4.78, 5) is 20.5. The van der Waals surface area contributed by atoms with Crippen LogP contribution in [-0.4, -0.2) is 35.4 Å². The summed E-state index contributed by atoms with van der Waals surface area (Å²) in [5, 5.41) is 15.2. The minimum absolute atomic E-state index is 0.125. The third-order valence-corrected chi connectivity index (χ3v) is 0.685. The van der Waals surface area contributed by atoms with Gasteiger partial charge < -0.3 is 14.9 Å². The number of rotatable bonds is 2. The highest BCUT2D eigenvalue weighted by Crippen LogP contribution is 1.90. The van der Waals surface area contributed by atoms with Crippen LogP contribution in [0.1, 0.15) is 13.8 Å². The molecule has 0 amide bonds. The summed E-state index contributed by atoms with van der Waals surface area (Å²) in [7, 11) is 0. The van der Waals surface area contributed by atoms with Crippen molar-refractivity contribution in [2.75, 3.05) is 13.2 Å². The lowest BCUT2D eigenvalue weighted by molar-refractivity contribution is -0.155. The lowest BCUT2D eigenvalue weighted by Gasteiger charge is -1.95. The van der Waals surface area contributed by atoms with Gasteiger partial charge >= 0.3 is 11.9 Å². The molecule has 5 heteroatoms. The van der Waals surface area contributed by atoms with Gasteiger partial charge in [0.2, 0.25) is 0 Å². The molecule has 0 aromatic heterocycles. The average Bonchev–Trinajstić information content (AvgIpc) is 2.03. The molecule has 0 aromatic rings. The Kier molecular flexibility index (Phi) is 9.80. The van der Waals surface area contributed by atoms with Crippen molar-refractivity contribution in [3.8, 4) is 0 Å². The number of aliphatic hydroxyl groups is 2. The van der Waals surface area contributed by atoms with Crippen LogP contribution in [0.5, 0.6) is 0 Å². The highest BCUT2D eigenvalue weighted by molar-refractivity contribution is 5.94. The minimum Gasteiger partial charge on any atom is -0.394 e. The zero-order valence-electron chi connectivity index (χ0n) is 7.74. The van der Waals surface area contributed by atoms with Crippen LogP contribution in [0, 0.1) is 0 Å². The molecule has 0 saturated heterocycles. The van der Waals surface area contributed by atoms with Crippen LogP contribution >= 0.6 is 0 Å². The molecule has 76 valence electrons. The zero-order chi connectivity index (χ0) is 10.9. The van der Waals surface area contributed by atoms with Crippen molar-refractivity contribution in [2.24, 2.45) is 0 Å². The maximum atomic E-state index is 10.4. The van der Waals surface area contributed by atoms with E-state index in [1.54, 1.807) is 0 Å². The largest absolute Gasteiger partial charge is 0.394 e. The molecule has 0 unspecified atom stereocenters. The van der Waals surface area contributed by atoms with Gasteiger partial charge in [0, 0.05) is 12.5 Å². The van der Waals surface area contributed by atoms with Crippen molar-refractivity contribution in [3.63, 3.8) is 0 Å². The Hall–Kier alpha value is -1.20. The van der Waals surface area contributed by atoms with E-state index in [4.69, 9.17) is 10.2 Å². The van der Waals surface area contributed by atoms with Crippen molar-refractivity contribution < 1.29 is 24.5 Å². The summed E-state index contributed by atoms with van der Waals surface area (Å²) >= 11 is 0. The summed E-state index contributed by atoms with van der Waals surface area (Å²) in [6.45, 7) is 5.68. The molecule has 0 heterocycles. The van der Waals surface area contributed by atoms with Crippen LogP contribution in [0.25, 0.3) is 0 Å². The number of carbonyl (C=O) groups is 2. The normalized spacial score (nSPS) is 8.00. The third kappa shape index (κ3) is 13.7. The Morgan fingerprint density at radius 2 is 1.62 bits per heavy atom. The second-order valence-electron chi connectivity index (χ2n) is 2.11. The molecule has 2 N–H and O–H groups in total. The molecule has 0 aromatic carbocycles. The molecule has 0 aliphatic heterocycles. The van der Waals surface area contributed by atoms with Crippen molar-refractivity contribution in [1.82, 2.24) is 0 Å². The Labute approximate surface area is 76.6 Å². The van der Waals surface area contributed by atoms with E-state index >= 15 is 0 Å². The van der Waals surface area contributed by atoms with Crippen molar-refractivity contribution in [2.45, 2.75) is 13.8 Å². The Morgan fingerprint density at radius 1 is 1.23 bits per heavy atom. The first-order chi connectivity index (χ1) is 5.95. The van der Waals surface area contributed by atoms with Crippen molar-refractivity contribution in [1.29, 1.82) is 0 Å². The summed E-state index contributed by atoms with van der Waals surface area (Å²) in [6, 6.07) is 0. The second kappa shape index (κ2) is 8.89. The van der Waals surface area contributed by atoms with Crippen LogP contribution in [0.4, 0.5) is 0 Å². The van der Waals surface area contributed by atoms with E-state index in [2.05, 4.69) is 11.3 Å². The third-order valence-electron chi connectivity index (χ3n) is 0.685. The maximum absolute atomic E-state index is 10.4. The van der Waals surface area contributed by atoms with Crippen LogP contribution in [0.15, 0.2) is 12.2 Å². The predicted molar refractivity (Wildman–Crippen MR) is 45.8 cm³/mol. The first kappa shape index (κ1) is 14.3. The van der Waals surface area contributed by atoms with E-state index in [-0.39, 0.29) is 18.8 Å². The minimum atomic E-state index is -0.664. The summed E-state index contributed by atoms with van der Waals surface area (Å²) in [5.74, 6) is -1.27. The molecule has 5 nitrogen and oxygen atoms in total. The lowest BCUT2D eigenvalue weighted by atomic mass is 10.4. The topological polar surface area (TPSA) is 83.8 Å². The monoisotopic (exact) mass is 190 g/mol. The number of carbonyl (C=O) groups excluding carboxylic acids is 2. The molecular formula is C8H14O5. The van der Waals surface area contributed by atoms with Gasteiger partial charge in [-0.1, -0.05) is 6.58 Å². The van der Waals surface area contributed by atoms with Crippen LogP contribution in [-0.2, 0) is 14.3 Å². The second-order valence-corrected chi connectivity index (χ2v) is 2.11. The van der Waals surface area contributed by atoms with Gasteiger partial charge in [-0.2, -0.15) is 0 Å². The van der Waals surface area contributed by atoms with Gasteiger partial charge in [0.15, 0.2) is 0 Å². The zero-order valence-corrected chi connectivity index (χ0v) is 7.74. The first-order valence-corrected chi connectivity index (χ1v) is 3.55. The van der Waals surface area contributed by atoms with Gasteiger partial charge in [-0.15, -0.1) is 0 Å². The molecular weight excluding hydrogens is 176 g/mol. The Morgan fingerprint density at radius 3 is 1.69 bits per heavy atom. The first-order valence-electron chi connectivity index (χ1n) is 3.55. The van der Waals surface area contributed by atoms with Gasteiger partial charge in [-0.05, 0) is 6.92 Å². The molecule has 0 bridgehead atoms. The fraction of sp³-hybridized carbons (Fsp3) is 0.500. The van der Waals surface area contributed by atoms with Crippen LogP contribution in [0.3, 0.4) is 0 Å². The Balaban J connectivity index is 0. The molecule has 0 spiro atoms. The molecule has 0 atom stereocenters. The smallest absolute Gasteiger partial charge is 0.340 e. The number of aliphatic hydroxyl groups excluding tert-OH is 2. The van der Waals surface area contributed by atoms with E-state index in [1.165, 1.54) is 13.8 Å². The molecule has 0 radical (unpaired) electrons. The van der Waals surface area contributed by atoms with Gasteiger partial charge in [-0.25, -0.2) is 4.79 Å². The molecule has 0 saturated carbocycles. The maximum Gasteiger partial charge on any atom is 0.340 e. The molecule has 13 heavy (non-hydrogen) atoms. The average molecular weight is 190 g/mol. The SMILES string of the molecule is C=C(C)C(=O)OC(C)=O.OCCO. The highest BCUT2D eigenvalue weighted by Gasteiger charge is 2.04. The summed E-state index contributed by atoms with van der Waals surface area (Å²) in [6.07, 6.45) is 0. The number of esters is 2. The van der Waals surface area contributed by atoms with E-state index in [0.29, 0.717) is 0 Å². The van der Waals surface area contributed by atoms with Gasteiger partial charge in [-0.3, -0.25) is 4.79 Å². The van der Waals surface area contributed by atoms with E-state index < -0.39 is 11.9 Å². The quantitative estimate of drug-likeness (QED) is 0.352. The summed E-state index contributed by atoms with van der Waals surface area (Å²) < 4.78 is 4.13. The summed E-state index contributed by atoms with van der Waals surface area (Å²) in [5.41, 5.74) is 0.227. The Bertz CT molecular complexity index is 183. The highest BCUT2D eigenvalue weighted by atomic mass is 16.6.